The second-order valence-electron chi connectivity index (χ2n) is 4.53. The van der Waals surface area contributed by atoms with Crippen LogP contribution in [0.1, 0.15) is 10.5 Å². The van der Waals surface area contributed by atoms with Crippen LogP contribution in [0.3, 0.4) is 0 Å². The van der Waals surface area contributed by atoms with Gasteiger partial charge in [-0.2, -0.15) is 5.10 Å². The van der Waals surface area contributed by atoms with Crippen molar-refractivity contribution >= 4 is 17.9 Å². The summed E-state index contributed by atoms with van der Waals surface area (Å²) in [5.74, 6) is -1.40. The molecule has 0 radical (unpaired) electrons. The van der Waals surface area contributed by atoms with E-state index in [-0.39, 0.29) is 11.4 Å². The lowest BCUT2D eigenvalue weighted by molar-refractivity contribution is -0.123. The highest BCUT2D eigenvalue weighted by molar-refractivity contribution is 5.97. The van der Waals surface area contributed by atoms with E-state index in [0.717, 1.165) is 5.69 Å². The average molecular weight is 332 g/mol. The SMILES string of the molecule is CNC(=O)NC(=O)COC(=O)c1nn(-c2ccccc2)cc1OC. The van der Waals surface area contributed by atoms with Crippen molar-refractivity contribution in [3.05, 3.63) is 42.2 Å². The zero-order valence-corrected chi connectivity index (χ0v) is 13.1. The molecule has 0 atom stereocenters. The molecule has 1 aromatic carbocycles. The minimum absolute atomic E-state index is 0.0749. The first-order valence-electron chi connectivity index (χ1n) is 6.93. The molecule has 0 fully saturated rings. The van der Waals surface area contributed by atoms with E-state index in [4.69, 9.17) is 9.47 Å². The predicted molar refractivity (Wildman–Crippen MR) is 83.0 cm³/mol. The number of imide groups is 1. The highest BCUT2D eigenvalue weighted by atomic mass is 16.5. The first kappa shape index (κ1) is 17.0. The Hall–Kier alpha value is -3.36. The number of rotatable bonds is 5. The maximum Gasteiger partial charge on any atom is 0.363 e. The minimum Gasteiger partial charge on any atom is -0.493 e. The van der Waals surface area contributed by atoms with Gasteiger partial charge in [0.1, 0.15) is 0 Å². The molecule has 0 aliphatic rings. The van der Waals surface area contributed by atoms with Crippen molar-refractivity contribution in [1.82, 2.24) is 20.4 Å². The Kier molecular flexibility index (Phi) is 5.50. The number of nitrogens with one attached hydrogen (secondary N) is 2. The molecule has 0 bridgehead atoms. The molecule has 0 saturated carbocycles. The first-order chi connectivity index (χ1) is 11.5. The van der Waals surface area contributed by atoms with Crippen LogP contribution in [0.15, 0.2) is 36.5 Å². The summed E-state index contributed by atoms with van der Waals surface area (Å²) in [4.78, 5) is 34.5. The summed E-state index contributed by atoms with van der Waals surface area (Å²) in [5.41, 5.74) is 0.654. The van der Waals surface area contributed by atoms with Crippen molar-refractivity contribution in [2.24, 2.45) is 0 Å². The van der Waals surface area contributed by atoms with Gasteiger partial charge in [0.15, 0.2) is 12.4 Å². The van der Waals surface area contributed by atoms with Crippen LogP contribution >= 0.6 is 0 Å². The third kappa shape index (κ3) is 4.09. The number of aromatic nitrogens is 2. The summed E-state index contributed by atoms with van der Waals surface area (Å²) in [6.07, 6.45) is 1.52. The Morgan fingerprint density at radius 2 is 1.92 bits per heavy atom. The number of carbonyl (C=O) groups excluding carboxylic acids is 3. The van der Waals surface area contributed by atoms with Crippen LogP contribution < -0.4 is 15.4 Å². The summed E-state index contributed by atoms with van der Waals surface area (Å²) in [5, 5.41) is 8.29. The van der Waals surface area contributed by atoms with Gasteiger partial charge in [-0.3, -0.25) is 10.1 Å². The number of nitrogens with zero attached hydrogens (tertiary/aromatic N) is 2. The molecule has 126 valence electrons. The van der Waals surface area contributed by atoms with Gasteiger partial charge in [-0.25, -0.2) is 14.3 Å². The minimum atomic E-state index is -0.839. The number of methoxy groups -OCH3 is 1. The van der Waals surface area contributed by atoms with E-state index in [0.29, 0.717) is 0 Å². The number of urea groups is 1. The molecule has 24 heavy (non-hydrogen) atoms. The molecular formula is C15H16N4O5. The molecule has 1 heterocycles. The van der Waals surface area contributed by atoms with Gasteiger partial charge in [-0.1, -0.05) is 18.2 Å². The van der Waals surface area contributed by atoms with E-state index in [2.05, 4.69) is 10.4 Å². The number of benzene rings is 1. The van der Waals surface area contributed by atoms with Crippen molar-refractivity contribution in [1.29, 1.82) is 0 Å². The lowest BCUT2D eigenvalue weighted by Crippen LogP contribution is -2.39. The van der Waals surface area contributed by atoms with Gasteiger partial charge >= 0.3 is 12.0 Å². The largest absolute Gasteiger partial charge is 0.493 e. The van der Waals surface area contributed by atoms with Gasteiger partial charge in [0.05, 0.1) is 19.0 Å². The molecule has 0 aliphatic heterocycles. The summed E-state index contributed by atoms with van der Waals surface area (Å²) in [6, 6.07) is 8.41. The van der Waals surface area contributed by atoms with E-state index in [1.807, 2.05) is 23.5 Å². The first-order valence-corrected chi connectivity index (χ1v) is 6.93. The quantitative estimate of drug-likeness (QED) is 0.771. The number of hydrogen-bond acceptors (Lipinski definition) is 6. The standard InChI is InChI=1S/C15H16N4O5/c1-16-15(22)17-12(20)9-24-14(21)13-11(23-2)8-19(18-13)10-6-4-3-5-7-10/h3-8H,9H2,1-2H3,(H2,16,17,20,22). The fourth-order valence-corrected chi connectivity index (χ4v) is 1.79. The zero-order chi connectivity index (χ0) is 17.5. The predicted octanol–water partition coefficient (Wildman–Crippen LogP) is 0.493. The van der Waals surface area contributed by atoms with Crippen LogP contribution in [0.2, 0.25) is 0 Å². The molecule has 3 amide bonds. The monoisotopic (exact) mass is 332 g/mol. The average Bonchev–Trinajstić information content (AvgIpc) is 3.04. The fourth-order valence-electron chi connectivity index (χ4n) is 1.79. The molecule has 2 rings (SSSR count). The van der Waals surface area contributed by atoms with Gasteiger partial charge in [0.25, 0.3) is 5.91 Å². The Morgan fingerprint density at radius 3 is 2.54 bits per heavy atom. The van der Waals surface area contributed by atoms with Gasteiger partial charge in [0, 0.05) is 7.05 Å². The van der Waals surface area contributed by atoms with Crippen molar-refractivity contribution in [3.63, 3.8) is 0 Å². The van der Waals surface area contributed by atoms with E-state index in [1.165, 1.54) is 25.0 Å². The zero-order valence-electron chi connectivity index (χ0n) is 13.1. The van der Waals surface area contributed by atoms with Crippen molar-refractivity contribution < 1.29 is 23.9 Å². The van der Waals surface area contributed by atoms with Crippen LogP contribution in [-0.2, 0) is 9.53 Å². The molecule has 9 nitrogen and oxygen atoms in total. The number of ether oxygens (including phenoxy) is 2. The second-order valence-corrected chi connectivity index (χ2v) is 4.53. The maximum atomic E-state index is 12.1. The number of carbonyl (C=O) groups is 3. The fraction of sp³-hybridized carbons (Fsp3) is 0.200. The summed E-state index contributed by atoms with van der Waals surface area (Å²) < 4.78 is 11.4. The topological polar surface area (TPSA) is 112 Å². The Labute approximate surface area is 137 Å². The molecule has 0 unspecified atom stereocenters. The summed E-state index contributed by atoms with van der Waals surface area (Å²) in [6.45, 7) is -0.617. The molecule has 1 aromatic heterocycles. The van der Waals surface area contributed by atoms with E-state index < -0.39 is 24.5 Å². The van der Waals surface area contributed by atoms with E-state index >= 15 is 0 Å². The number of amides is 3. The van der Waals surface area contributed by atoms with Gasteiger partial charge < -0.3 is 14.8 Å². The van der Waals surface area contributed by atoms with Crippen LogP contribution in [0.25, 0.3) is 5.69 Å². The highest BCUT2D eigenvalue weighted by Crippen LogP contribution is 2.20. The van der Waals surface area contributed by atoms with Gasteiger partial charge in [-0.15, -0.1) is 0 Å². The Balaban J connectivity index is 2.08. The van der Waals surface area contributed by atoms with Crippen LogP contribution in [0, 0.1) is 0 Å². The van der Waals surface area contributed by atoms with Crippen molar-refractivity contribution in [3.8, 4) is 11.4 Å². The summed E-state index contributed by atoms with van der Waals surface area (Å²) >= 11 is 0. The molecule has 9 heteroatoms. The van der Waals surface area contributed by atoms with E-state index in [9.17, 15) is 14.4 Å². The molecule has 2 N–H and O–H groups in total. The molecule has 0 aliphatic carbocycles. The van der Waals surface area contributed by atoms with Crippen molar-refractivity contribution in [2.45, 2.75) is 0 Å². The lowest BCUT2D eigenvalue weighted by atomic mass is 10.3. The van der Waals surface area contributed by atoms with Crippen LogP contribution in [0.5, 0.6) is 5.75 Å². The number of para-hydroxylation sites is 1. The van der Waals surface area contributed by atoms with E-state index in [1.54, 1.807) is 12.1 Å². The molecular weight excluding hydrogens is 316 g/mol. The van der Waals surface area contributed by atoms with Crippen LogP contribution in [0.4, 0.5) is 4.79 Å². The third-order valence-corrected chi connectivity index (χ3v) is 2.93. The molecule has 0 spiro atoms. The van der Waals surface area contributed by atoms with Gasteiger partial charge in [0.2, 0.25) is 5.69 Å². The highest BCUT2D eigenvalue weighted by Gasteiger charge is 2.21. The molecule has 0 saturated heterocycles. The lowest BCUT2D eigenvalue weighted by Gasteiger charge is -2.04. The van der Waals surface area contributed by atoms with Crippen LogP contribution in [-0.4, -0.2) is 48.5 Å². The second kappa shape index (κ2) is 7.77. The summed E-state index contributed by atoms with van der Waals surface area (Å²) in [7, 11) is 2.75. The smallest absolute Gasteiger partial charge is 0.363 e. The normalized spacial score (nSPS) is 9.92. The van der Waals surface area contributed by atoms with Crippen molar-refractivity contribution in [2.75, 3.05) is 20.8 Å². The Morgan fingerprint density at radius 1 is 1.21 bits per heavy atom. The van der Waals surface area contributed by atoms with Gasteiger partial charge in [-0.05, 0) is 12.1 Å². The third-order valence-electron chi connectivity index (χ3n) is 2.93. The maximum absolute atomic E-state index is 12.1. The number of hydrogen-bond donors (Lipinski definition) is 2. The number of esters is 1. The molecule has 2 aromatic rings. The Bertz CT molecular complexity index is 742.